The zero-order chi connectivity index (χ0) is 14.1. The number of hydrogen-bond acceptors (Lipinski definition) is 5. The summed E-state index contributed by atoms with van der Waals surface area (Å²) < 4.78 is 4.56. The van der Waals surface area contributed by atoms with E-state index < -0.39 is 0 Å². The summed E-state index contributed by atoms with van der Waals surface area (Å²) in [5.41, 5.74) is 2.03. The highest BCUT2D eigenvalue weighted by Crippen LogP contribution is 2.21. The molecule has 0 aliphatic rings. The van der Waals surface area contributed by atoms with Crippen LogP contribution in [-0.4, -0.2) is 21.2 Å². The molecule has 0 spiro atoms. The highest BCUT2D eigenvalue weighted by atomic mass is 16.6. The Balaban J connectivity index is 2.00. The zero-order valence-electron chi connectivity index (χ0n) is 11.0. The van der Waals surface area contributed by atoms with Crippen molar-refractivity contribution in [3.63, 3.8) is 0 Å². The number of pyridine rings is 1. The topological polar surface area (TPSA) is 80.9 Å². The minimum atomic E-state index is -0.236. The molecule has 0 saturated heterocycles. The van der Waals surface area contributed by atoms with E-state index in [0.29, 0.717) is 17.1 Å². The standard InChI is InChI=1S/C14H12N4O2/c1-8-11-5-6-15-7-10(11)3-4-12(8)14(19)16-13-9(2)17-20-18-13/h3-7H,1-2H3,(H,16,18,19). The van der Waals surface area contributed by atoms with E-state index in [4.69, 9.17) is 0 Å². The van der Waals surface area contributed by atoms with Gasteiger partial charge in [0.1, 0.15) is 5.69 Å². The second kappa shape index (κ2) is 4.73. The molecule has 1 aromatic carbocycles. The van der Waals surface area contributed by atoms with Crippen molar-refractivity contribution in [1.29, 1.82) is 0 Å². The summed E-state index contributed by atoms with van der Waals surface area (Å²) in [6, 6.07) is 5.54. The summed E-state index contributed by atoms with van der Waals surface area (Å²) in [4.78, 5) is 16.4. The van der Waals surface area contributed by atoms with E-state index in [1.165, 1.54) is 0 Å². The lowest BCUT2D eigenvalue weighted by atomic mass is 10.0. The maximum absolute atomic E-state index is 12.3. The Labute approximate surface area is 114 Å². The summed E-state index contributed by atoms with van der Waals surface area (Å²) >= 11 is 0. The van der Waals surface area contributed by atoms with Gasteiger partial charge in [0.2, 0.25) is 5.82 Å². The molecule has 1 N–H and O–H groups in total. The molecule has 3 rings (SSSR count). The van der Waals surface area contributed by atoms with Crippen molar-refractivity contribution >= 4 is 22.5 Å². The molecule has 2 aromatic heterocycles. The molecule has 0 fully saturated rings. The first-order chi connectivity index (χ1) is 9.66. The van der Waals surface area contributed by atoms with Gasteiger partial charge in [-0.3, -0.25) is 9.78 Å². The maximum atomic E-state index is 12.3. The van der Waals surface area contributed by atoms with E-state index in [9.17, 15) is 4.79 Å². The smallest absolute Gasteiger partial charge is 0.257 e. The third-order valence-corrected chi connectivity index (χ3v) is 3.22. The van der Waals surface area contributed by atoms with Crippen molar-refractivity contribution in [3.8, 4) is 0 Å². The Morgan fingerprint density at radius 3 is 2.80 bits per heavy atom. The number of rotatable bonds is 2. The Bertz CT molecular complexity index is 795. The summed E-state index contributed by atoms with van der Waals surface area (Å²) in [5, 5.41) is 12.0. The van der Waals surface area contributed by atoms with Crippen LogP contribution in [0, 0.1) is 13.8 Å². The molecule has 0 unspecified atom stereocenters. The number of hydrogen-bond donors (Lipinski definition) is 1. The van der Waals surface area contributed by atoms with Crippen molar-refractivity contribution < 1.29 is 9.42 Å². The quantitative estimate of drug-likeness (QED) is 0.772. The van der Waals surface area contributed by atoms with Crippen molar-refractivity contribution in [2.45, 2.75) is 13.8 Å². The van der Waals surface area contributed by atoms with Crippen LogP contribution in [0.5, 0.6) is 0 Å². The van der Waals surface area contributed by atoms with E-state index in [0.717, 1.165) is 16.3 Å². The second-order valence-corrected chi connectivity index (χ2v) is 4.49. The van der Waals surface area contributed by atoms with Gasteiger partial charge >= 0.3 is 0 Å². The Hall–Kier alpha value is -2.76. The third kappa shape index (κ3) is 2.01. The Kier molecular flexibility index (Phi) is 2.90. The van der Waals surface area contributed by atoms with Crippen molar-refractivity contribution in [1.82, 2.24) is 15.3 Å². The maximum Gasteiger partial charge on any atom is 0.257 e. The molecule has 0 bridgehead atoms. The van der Waals surface area contributed by atoms with Gasteiger partial charge in [-0.15, -0.1) is 0 Å². The van der Waals surface area contributed by atoms with Gasteiger partial charge in [-0.05, 0) is 42.1 Å². The normalized spacial score (nSPS) is 10.7. The largest absolute Gasteiger partial charge is 0.302 e. The third-order valence-electron chi connectivity index (χ3n) is 3.22. The molecule has 6 nitrogen and oxygen atoms in total. The molecule has 0 radical (unpaired) electrons. The van der Waals surface area contributed by atoms with Crippen LogP contribution < -0.4 is 5.32 Å². The fourth-order valence-electron chi connectivity index (χ4n) is 2.09. The molecule has 0 aliphatic heterocycles. The lowest BCUT2D eigenvalue weighted by Gasteiger charge is -2.08. The van der Waals surface area contributed by atoms with E-state index in [1.54, 1.807) is 25.4 Å². The van der Waals surface area contributed by atoms with E-state index in [2.05, 4.69) is 25.2 Å². The Morgan fingerprint density at radius 1 is 1.20 bits per heavy atom. The molecule has 3 aromatic rings. The van der Waals surface area contributed by atoms with Crippen LogP contribution in [0.25, 0.3) is 10.8 Å². The number of fused-ring (bicyclic) bond motifs is 1. The number of carbonyl (C=O) groups is 1. The van der Waals surface area contributed by atoms with Crippen LogP contribution in [-0.2, 0) is 0 Å². The average Bonchev–Trinajstić information content (AvgIpc) is 2.85. The van der Waals surface area contributed by atoms with Gasteiger partial charge < -0.3 is 5.32 Å². The molecular formula is C14H12N4O2. The van der Waals surface area contributed by atoms with Gasteiger partial charge in [-0.25, -0.2) is 4.63 Å². The van der Waals surface area contributed by atoms with Gasteiger partial charge in [0, 0.05) is 23.3 Å². The second-order valence-electron chi connectivity index (χ2n) is 4.49. The lowest BCUT2D eigenvalue weighted by Crippen LogP contribution is -2.14. The van der Waals surface area contributed by atoms with E-state index in [1.807, 2.05) is 19.1 Å². The van der Waals surface area contributed by atoms with Gasteiger partial charge in [0.15, 0.2) is 0 Å². The number of nitrogens with one attached hydrogen (secondary N) is 1. The van der Waals surface area contributed by atoms with Crippen LogP contribution in [0.3, 0.4) is 0 Å². The number of benzene rings is 1. The van der Waals surface area contributed by atoms with Gasteiger partial charge in [0.25, 0.3) is 5.91 Å². The van der Waals surface area contributed by atoms with Crippen LogP contribution in [0.2, 0.25) is 0 Å². The van der Waals surface area contributed by atoms with Crippen LogP contribution in [0.1, 0.15) is 21.6 Å². The van der Waals surface area contributed by atoms with E-state index >= 15 is 0 Å². The van der Waals surface area contributed by atoms with Gasteiger partial charge in [-0.2, -0.15) is 0 Å². The fourth-order valence-corrected chi connectivity index (χ4v) is 2.09. The first kappa shape index (κ1) is 12.3. The lowest BCUT2D eigenvalue weighted by molar-refractivity contribution is 0.102. The highest BCUT2D eigenvalue weighted by Gasteiger charge is 2.14. The first-order valence-corrected chi connectivity index (χ1v) is 6.10. The van der Waals surface area contributed by atoms with E-state index in [-0.39, 0.29) is 5.91 Å². The molecule has 2 heterocycles. The highest BCUT2D eigenvalue weighted by molar-refractivity contribution is 6.07. The monoisotopic (exact) mass is 268 g/mol. The molecule has 100 valence electrons. The van der Waals surface area contributed by atoms with Crippen LogP contribution in [0.4, 0.5) is 5.82 Å². The fraction of sp³-hybridized carbons (Fsp3) is 0.143. The molecule has 20 heavy (non-hydrogen) atoms. The summed E-state index contributed by atoms with van der Waals surface area (Å²) in [6.45, 7) is 3.62. The van der Waals surface area contributed by atoms with Crippen molar-refractivity contribution in [3.05, 3.63) is 47.4 Å². The number of carbonyl (C=O) groups excluding carboxylic acids is 1. The summed E-state index contributed by atoms with van der Waals surface area (Å²) in [7, 11) is 0. The van der Waals surface area contributed by atoms with Crippen molar-refractivity contribution in [2.24, 2.45) is 0 Å². The average molecular weight is 268 g/mol. The van der Waals surface area contributed by atoms with Crippen LogP contribution in [0.15, 0.2) is 35.2 Å². The van der Waals surface area contributed by atoms with Gasteiger partial charge in [-0.1, -0.05) is 11.2 Å². The summed E-state index contributed by atoms with van der Waals surface area (Å²) in [6.07, 6.45) is 3.48. The predicted molar refractivity (Wildman–Crippen MR) is 73.5 cm³/mol. The number of nitrogens with zero attached hydrogens (tertiary/aromatic N) is 3. The number of anilines is 1. The molecule has 0 saturated carbocycles. The molecule has 0 aliphatic carbocycles. The number of aryl methyl sites for hydroxylation is 2. The van der Waals surface area contributed by atoms with Gasteiger partial charge in [0.05, 0.1) is 0 Å². The van der Waals surface area contributed by atoms with Crippen molar-refractivity contribution in [2.75, 3.05) is 5.32 Å². The molecule has 6 heteroatoms. The number of aromatic nitrogens is 3. The molecular weight excluding hydrogens is 256 g/mol. The van der Waals surface area contributed by atoms with Crippen LogP contribution >= 0.6 is 0 Å². The zero-order valence-corrected chi connectivity index (χ0v) is 11.0. The SMILES string of the molecule is Cc1nonc1NC(=O)c1ccc2cnccc2c1C. The minimum absolute atomic E-state index is 0.236. The molecule has 1 amide bonds. The molecule has 0 atom stereocenters. The minimum Gasteiger partial charge on any atom is -0.302 e. The summed E-state index contributed by atoms with van der Waals surface area (Å²) in [5.74, 6) is 0.101. The number of amides is 1. The Morgan fingerprint density at radius 2 is 2.05 bits per heavy atom. The predicted octanol–water partition coefficient (Wildman–Crippen LogP) is 2.49. The first-order valence-electron chi connectivity index (χ1n) is 6.10.